The summed E-state index contributed by atoms with van der Waals surface area (Å²) in [5, 5.41) is 0. The summed E-state index contributed by atoms with van der Waals surface area (Å²) in [6.45, 7) is 1.93. The van der Waals surface area contributed by atoms with Gasteiger partial charge < -0.3 is 5.73 Å². The number of aromatic nitrogens is 4. The van der Waals surface area contributed by atoms with Gasteiger partial charge in [0.2, 0.25) is 5.95 Å². The second-order valence-corrected chi connectivity index (χ2v) is 4.24. The Balaban J connectivity index is 2.13. The van der Waals surface area contributed by atoms with E-state index >= 15 is 0 Å². The Kier molecular flexibility index (Phi) is 2.72. The van der Waals surface area contributed by atoms with Crippen LogP contribution in [0.1, 0.15) is 5.69 Å². The van der Waals surface area contributed by atoms with E-state index in [-0.39, 0.29) is 0 Å². The van der Waals surface area contributed by atoms with Crippen molar-refractivity contribution in [3.8, 4) is 17.3 Å². The normalized spacial score (nSPS) is 10.6. The van der Waals surface area contributed by atoms with Crippen molar-refractivity contribution in [2.45, 2.75) is 6.92 Å². The summed E-state index contributed by atoms with van der Waals surface area (Å²) in [5.41, 5.74) is 8.37. The van der Waals surface area contributed by atoms with Crippen molar-refractivity contribution in [3.63, 3.8) is 0 Å². The highest BCUT2D eigenvalue weighted by molar-refractivity contribution is 5.62. The fourth-order valence-electron chi connectivity index (χ4n) is 1.91. The van der Waals surface area contributed by atoms with Crippen LogP contribution in [0.3, 0.4) is 0 Å². The average molecular weight is 251 g/mol. The van der Waals surface area contributed by atoms with Gasteiger partial charge in [0, 0.05) is 35.5 Å². The van der Waals surface area contributed by atoms with E-state index in [1.807, 2.05) is 48.0 Å². The van der Waals surface area contributed by atoms with Gasteiger partial charge in [0.05, 0.1) is 0 Å². The molecule has 0 bridgehead atoms. The maximum Gasteiger partial charge on any atom is 0.235 e. The topological polar surface area (TPSA) is 69.6 Å². The van der Waals surface area contributed by atoms with E-state index in [9.17, 15) is 0 Å². The first-order chi connectivity index (χ1) is 9.24. The highest BCUT2D eigenvalue weighted by Crippen LogP contribution is 2.21. The molecule has 19 heavy (non-hydrogen) atoms. The molecule has 0 aliphatic carbocycles. The van der Waals surface area contributed by atoms with Crippen molar-refractivity contribution in [1.29, 1.82) is 0 Å². The first kappa shape index (κ1) is 11.4. The number of hydrogen-bond acceptors (Lipinski definition) is 4. The maximum atomic E-state index is 5.81. The molecule has 3 rings (SSSR count). The Morgan fingerprint density at radius 2 is 2.00 bits per heavy atom. The summed E-state index contributed by atoms with van der Waals surface area (Å²) in [6.07, 6.45) is 5.30. The lowest BCUT2D eigenvalue weighted by Crippen LogP contribution is -2.03. The zero-order valence-corrected chi connectivity index (χ0v) is 10.5. The molecule has 0 aliphatic heterocycles. The van der Waals surface area contributed by atoms with Crippen LogP contribution in [0.5, 0.6) is 0 Å². The number of imidazole rings is 1. The van der Waals surface area contributed by atoms with Crippen molar-refractivity contribution in [2.75, 3.05) is 5.73 Å². The third-order valence-electron chi connectivity index (χ3n) is 2.78. The van der Waals surface area contributed by atoms with Gasteiger partial charge in [-0.25, -0.2) is 15.0 Å². The van der Waals surface area contributed by atoms with Crippen molar-refractivity contribution in [1.82, 2.24) is 19.5 Å². The molecule has 94 valence electrons. The third-order valence-corrected chi connectivity index (χ3v) is 2.78. The van der Waals surface area contributed by atoms with Gasteiger partial charge in [-0.05, 0) is 25.1 Å². The second kappa shape index (κ2) is 4.53. The molecule has 0 aliphatic rings. The SMILES string of the molecule is Cc1ccnc(-n2ccnc2-c2cccc(N)c2)n1. The van der Waals surface area contributed by atoms with Crippen molar-refractivity contribution in [2.24, 2.45) is 0 Å². The highest BCUT2D eigenvalue weighted by atomic mass is 15.2. The molecule has 0 radical (unpaired) electrons. The summed E-state index contributed by atoms with van der Waals surface area (Å²) in [6, 6.07) is 9.46. The zero-order chi connectivity index (χ0) is 13.2. The predicted molar refractivity (Wildman–Crippen MR) is 73.7 cm³/mol. The number of anilines is 1. The highest BCUT2D eigenvalue weighted by Gasteiger charge is 2.09. The molecule has 5 nitrogen and oxygen atoms in total. The average Bonchev–Trinajstić information content (AvgIpc) is 2.88. The first-order valence-corrected chi connectivity index (χ1v) is 5.93. The molecule has 0 unspecified atom stereocenters. The minimum absolute atomic E-state index is 0.606. The van der Waals surface area contributed by atoms with Crippen LogP contribution >= 0.6 is 0 Å². The molecule has 1 aromatic carbocycles. The van der Waals surface area contributed by atoms with E-state index < -0.39 is 0 Å². The largest absolute Gasteiger partial charge is 0.399 e. The van der Waals surface area contributed by atoms with Crippen LogP contribution in [-0.4, -0.2) is 19.5 Å². The van der Waals surface area contributed by atoms with E-state index in [2.05, 4.69) is 15.0 Å². The number of benzene rings is 1. The maximum absolute atomic E-state index is 5.81. The van der Waals surface area contributed by atoms with E-state index in [0.29, 0.717) is 11.6 Å². The van der Waals surface area contributed by atoms with E-state index in [0.717, 1.165) is 17.1 Å². The van der Waals surface area contributed by atoms with Crippen LogP contribution in [-0.2, 0) is 0 Å². The first-order valence-electron chi connectivity index (χ1n) is 5.93. The van der Waals surface area contributed by atoms with Gasteiger partial charge >= 0.3 is 0 Å². The molecule has 3 aromatic rings. The molecule has 5 heteroatoms. The molecule has 0 fully saturated rings. The molecule has 2 heterocycles. The van der Waals surface area contributed by atoms with Crippen molar-refractivity contribution >= 4 is 5.69 Å². The predicted octanol–water partition coefficient (Wildman–Crippen LogP) is 2.22. The van der Waals surface area contributed by atoms with Gasteiger partial charge in [0.25, 0.3) is 0 Å². The summed E-state index contributed by atoms with van der Waals surface area (Å²) < 4.78 is 1.85. The van der Waals surface area contributed by atoms with Crippen LogP contribution < -0.4 is 5.73 Å². The molecule has 2 aromatic heterocycles. The molecule has 2 N–H and O–H groups in total. The minimum atomic E-state index is 0.606. The van der Waals surface area contributed by atoms with E-state index in [4.69, 9.17) is 5.73 Å². The molecule has 0 spiro atoms. The molecule has 0 saturated carbocycles. The summed E-state index contributed by atoms with van der Waals surface area (Å²) in [5.74, 6) is 1.38. The van der Waals surface area contributed by atoms with Crippen molar-refractivity contribution in [3.05, 3.63) is 54.6 Å². The second-order valence-electron chi connectivity index (χ2n) is 4.24. The molecule has 0 amide bonds. The number of hydrogen-bond donors (Lipinski definition) is 1. The summed E-state index contributed by atoms with van der Waals surface area (Å²) in [7, 11) is 0. The van der Waals surface area contributed by atoms with Gasteiger partial charge in [-0.2, -0.15) is 0 Å². The lowest BCUT2D eigenvalue weighted by molar-refractivity contribution is 0.916. The Labute approximate surface area is 110 Å². The standard InChI is InChI=1S/C14H13N5/c1-10-5-6-17-14(18-10)19-8-7-16-13(19)11-3-2-4-12(15)9-11/h2-9H,15H2,1H3. The molecular formula is C14H13N5. The summed E-state index contributed by atoms with van der Waals surface area (Å²) in [4.78, 5) is 13.0. The molecule has 0 saturated heterocycles. The minimum Gasteiger partial charge on any atom is -0.399 e. The quantitative estimate of drug-likeness (QED) is 0.709. The number of nitrogen functional groups attached to an aromatic ring is 1. The number of aryl methyl sites for hydroxylation is 1. The van der Waals surface area contributed by atoms with Crippen LogP contribution in [0, 0.1) is 6.92 Å². The van der Waals surface area contributed by atoms with E-state index in [1.54, 1.807) is 12.4 Å². The van der Waals surface area contributed by atoms with Crippen molar-refractivity contribution < 1.29 is 0 Å². The monoisotopic (exact) mass is 251 g/mol. The fraction of sp³-hybridized carbons (Fsp3) is 0.0714. The Morgan fingerprint density at radius 3 is 2.79 bits per heavy atom. The number of nitrogens with two attached hydrogens (primary N) is 1. The Bertz CT molecular complexity index is 657. The lowest BCUT2D eigenvalue weighted by atomic mass is 10.2. The Hall–Kier alpha value is -2.69. The van der Waals surface area contributed by atoms with Gasteiger partial charge in [-0.1, -0.05) is 12.1 Å². The lowest BCUT2D eigenvalue weighted by Gasteiger charge is -2.07. The van der Waals surface area contributed by atoms with Gasteiger partial charge in [-0.3, -0.25) is 4.57 Å². The van der Waals surface area contributed by atoms with Crippen LogP contribution in [0.15, 0.2) is 48.9 Å². The van der Waals surface area contributed by atoms with Gasteiger partial charge in [0.15, 0.2) is 0 Å². The number of rotatable bonds is 2. The smallest absolute Gasteiger partial charge is 0.235 e. The third kappa shape index (κ3) is 2.18. The molecule has 0 atom stereocenters. The zero-order valence-electron chi connectivity index (χ0n) is 10.5. The number of nitrogens with zero attached hydrogens (tertiary/aromatic N) is 4. The Morgan fingerprint density at radius 1 is 1.11 bits per heavy atom. The fourth-order valence-corrected chi connectivity index (χ4v) is 1.91. The van der Waals surface area contributed by atoms with Gasteiger partial charge in [0.1, 0.15) is 5.82 Å². The van der Waals surface area contributed by atoms with Crippen LogP contribution in [0.4, 0.5) is 5.69 Å². The van der Waals surface area contributed by atoms with Crippen LogP contribution in [0.25, 0.3) is 17.3 Å². The van der Waals surface area contributed by atoms with Crippen LogP contribution in [0.2, 0.25) is 0 Å². The van der Waals surface area contributed by atoms with E-state index in [1.165, 1.54) is 0 Å². The van der Waals surface area contributed by atoms with Gasteiger partial charge in [-0.15, -0.1) is 0 Å². The molecular weight excluding hydrogens is 238 g/mol. The summed E-state index contributed by atoms with van der Waals surface area (Å²) >= 11 is 0.